The van der Waals surface area contributed by atoms with E-state index >= 15 is 0 Å². The van der Waals surface area contributed by atoms with Gasteiger partial charge in [0.05, 0.1) is 38.1 Å². The molecular formula is C20H39N3O14. The molecule has 3 heterocycles. The molecule has 3 fully saturated rings. The van der Waals surface area contributed by atoms with E-state index in [9.17, 15) is 40.9 Å². The summed E-state index contributed by atoms with van der Waals surface area (Å²) in [5, 5.41) is 82.4. The van der Waals surface area contributed by atoms with Gasteiger partial charge in [-0.05, 0) is 0 Å². The number of rotatable bonds is 8. The SMILES string of the molecule is CO[C@@H]1OC(CO)[C@@H](O[C@@H]2O[C@@H](CO)[C@@H](O[C@@H]3OC(CO)[C@H](C)[C@@H](O)C3N)C(O)C2(N)O)[C@@H](O)C1(N)O. The van der Waals surface area contributed by atoms with Crippen molar-refractivity contribution in [2.75, 3.05) is 26.9 Å². The highest BCUT2D eigenvalue weighted by atomic mass is 16.8. The van der Waals surface area contributed by atoms with Crippen molar-refractivity contribution in [2.45, 2.75) is 92.1 Å². The molecular weight excluding hydrogens is 506 g/mol. The minimum atomic E-state index is -2.78. The van der Waals surface area contributed by atoms with Crippen molar-refractivity contribution in [2.24, 2.45) is 23.1 Å². The minimum Gasteiger partial charge on any atom is -0.394 e. The second-order valence-electron chi connectivity index (χ2n) is 9.63. The van der Waals surface area contributed by atoms with E-state index in [1.807, 2.05) is 0 Å². The highest BCUT2D eigenvalue weighted by Gasteiger charge is 2.60. The van der Waals surface area contributed by atoms with E-state index in [1.165, 1.54) is 0 Å². The van der Waals surface area contributed by atoms with Crippen LogP contribution in [0.1, 0.15) is 6.92 Å². The Morgan fingerprint density at radius 3 is 1.70 bits per heavy atom. The molecule has 0 radical (unpaired) electrons. The molecule has 15 atom stereocenters. The Morgan fingerprint density at radius 1 is 0.757 bits per heavy atom. The maximum absolute atomic E-state index is 10.9. The summed E-state index contributed by atoms with van der Waals surface area (Å²) in [7, 11) is 1.14. The van der Waals surface area contributed by atoms with Crippen LogP contribution in [-0.2, 0) is 28.4 Å². The Labute approximate surface area is 212 Å². The van der Waals surface area contributed by atoms with Crippen molar-refractivity contribution >= 4 is 0 Å². The number of ether oxygens (including phenoxy) is 6. The third kappa shape index (κ3) is 5.65. The zero-order chi connectivity index (χ0) is 27.9. The zero-order valence-electron chi connectivity index (χ0n) is 20.4. The first-order chi connectivity index (χ1) is 17.3. The second kappa shape index (κ2) is 11.8. The standard InChI is InChI=1S/C20H39N3O14/c1-6-7(3-24)33-16(10(21)11(6)27)36-12-8(4-25)35-18(20(23,31)14(12)28)37-13-9(5-26)34-17(32-2)19(22,30)15(13)29/h6-18,24-31H,3-5,21-23H2,1-2H3/t6-,7?,8-,9?,10?,11+,12+,13+,14?,15+,16-,17+,18-,19?,20?/m0/s1. The summed E-state index contributed by atoms with van der Waals surface area (Å²) in [6, 6.07) is -1.14. The van der Waals surface area contributed by atoms with Crippen molar-refractivity contribution in [3.8, 4) is 0 Å². The highest BCUT2D eigenvalue weighted by Crippen LogP contribution is 2.36. The lowest BCUT2D eigenvalue weighted by Gasteiger charge is -2.52. The molecule has 0 aromatic heterocycles. The van der Waals surface area contributed by atoms with Gasteiger partial charge in [-0.2, -0.15) is 0 Å². The summed E-state index contributed by atoms with van der Waals surface area (Å²) < 4.78 is 32.5. The molecule has 3 aliphatic heterocycles. The van der Waals surface area contributed by atoms with Crippen molar-refractivity contribution in [3.05, 3.63) is 0 Å². The molecule has 0 spiro atoms. The van der Waals surface area contributed by atoms with Crippen LogP contribution >= 0.6 is 0 Å². The van der Waals surface area contributed by atoms with Crippen LogP contribution in [0, 0.1) is 5.92 Å². The number of hydrogen-bond donors (Lipinski definition) is 11. The van der Waals surface area contributed by atoms with Crippen molar-refractivity contribution in [1.82, 2.24) is 0 Å². The fourth-order valence-corrected chi connectivity index (χ4v) is 4.65. The van der Waals surface area contributed by atoms with Gasteiger partial charge in [0.2, 0.25) is 12.6 Å². The Bertz CT molecular complexity index is 747. The van der Waals surface area contributed by atoms with E-state index in [4.69, 9.17) is 45.6 Å². The van der Waals surface area contributed by atoms with Crippen molar-refractivity contribution in [3.63, 3.8) is 0 Å². The van der Waals surface area contributed by atoms with Gasteiger partial charge in [-0.15, -0.1) is 0 Å². The van der Waals surface area contributed by atoms with Gasteiger partial charge in [-0.25, -0.2) is 0 Å². The van der Waals surface area contributed by atoms with Crippen LogP contribution in [-0.4, -0.2) is 153 Å². The van der Waals surface area contributed by atoms with Crippen LogP contribution in [0.15, 0.2) is 0 Å². The molecule has 17 nitrogen and oxygen atoms in total. The molecule has 3 saturated heterocycles. The maximum atomic E-state index is 10.9. The fourth-order valence-electron chi connectivity index (χ4n) is 4.65. The predicted octanol–water partition coefficient (Wildman–Crippen LogP) is -7.10. The van der Waals surface area contributed by atoms with Gasteiger partial charge < -0.3 is 75.0 Å². The summed E-state index contributed by atoms with van der Waals surface area (Å²) in [5.74, 6) is -0.548. The van der Waals surface area contributed by atoms with Gasteiger partial charge in [0, 0.05) is 13.0 Å². The second-order valence-corrected chi connectivity index (χ2v) is 9.63. The van der Waals surface area contributed by atoms with Gasteiger partial charge >= 0.3 is 0 Å². The van der Waals surface area contributed by atoms with E-state index in [2.05, 4.69) is 0 Å². The number of hydrogen-bond acceptors (Lipinski definition) is 17. The predicted molar refractivity (Wildman–Crippen MR) is 117 cm³/mol. The van der Waals surface area contributed by atoms with Gasteiger partial charge in [-0.3, -0.25) is 11.5 Å². The Hall–Kier alpha value is -0.680. The first-order valence-electron chi connectivity index (χ1n) is 11.7. The molecule has 0 bridgehead atoms. The van der Waals surface area contributed by atoms with Crippen LogP contribution < -0.4 is 17.2 Å². The largest absolute Gasteiger partial charge is 0.394 e. The molecule has 0 aliphatic carbocycles. The van der Waals surface area contributed by atoms with E-state index in [0.29, 0.717) is 0 Å². The average Bonchev–Trinajstić information content (AvgIpc) is 2.86. The van der Waals surface area contributed by atoms with Gasteiger partial charge in [0.25, 0.3) is 0 Å². The van der Waals surface area contributed by atoms with Crippen molar-refractivity contribution in [1.29, 1.82) is 0 Å². The summed E-state index contributed by atoms with van der Waals surface area (Å²) in [6.45, 7) is -0.419. The molecule has 17 heteroatoms. The molecule has 0 saturated carbocycles. The first-order valence-corrected chi connectivity index (χ1v) is 11.7. The van der Waals surface area contributed by atoms with E-state index in [-0.39, 0.29) is 0 Å². The molecule has 3 rings (SSSR count). The maximum Gasteiger partial charge on any atom is 0.203 e. The highest BCUT2D eigenvalue weighted by molar-refractivity contribution is 5.02. The molecule has 0 aromatic rings. The summed E-state index contributed by atoms with van der Waals surface area (Å²) in [5.41, 5.74) is 12.3. The summed E-state index contributed by atoms with van der Waals surface area (Å²) >= 11 is 0. The molecule has 3 aliphatic rings. The quantitative estimate of drug-likeness (QED) is 0.126. The van der Waals surface area contributed by atoms with E-state index in [1.54, 1.807) is 6.92 Å². The van der Waals surface area contributed by atoms with Crippen LogP contribution in [0.3, 0.4) is 0 Å². The number of aliphatic hydroxyl groups excluding tert-OH is 6. The molecule has 6 unspecified atom stereocenters. The smallest absolute Gasteiger partial charge is 0.203 e. The molecule has 14 N–H and O–H groups in total. The molecule has 0 amide bonds. The van der Waals surface area contributed by atoms with Crippen LogP contribution in [0.25, 0.3) is 0 Å². The monoisotopic (exact) mass is 545 g/mol. The third-order valence-corrected chi connectivity index (χ3v) is 7.12. The zero-order valence-corrected chi connectivity index (χ0v) is 20.4. The summed E-state index contributed by atoms with van der Waals surface area (Å²) in [6.07, 6.45) is -17.0. The number of nitrogens with two attached hydrogens (primary N) is 3. The fraction of sp³-hybridized carbons (Fsp3) is 1.00. The van der Waals surface area contributed by atoms with Crippen molar-refractivity contribution < 1.29 is 69.3 Å². The summed E-state index contributed by atoms with van der Waals surface area (Å²) in [4.78, 5) is 0. The number of methoxy groups -OCH3 is 1. The van der Waals surface area contributed by atoms with Gasteiger partial charge in [-0.1, -0.05) is 6.92 Å². The van der Waals surface area contributed by atoms with Gasteiger partial charge in [0.15, 0.2) is 17.7 Å². The van der Waals surface area contributed by atoms with E-state index in [0.717, 1.165) is 7.11 Å². The average molecular weight is 546 g/mol. The Balaban J connectivity index is 1.80. The minimum absolute atomic E-state index is 0.468. The first kappa shape index (κ1) is 30.9. The third-order valence-electron chi connectivity index (χ3n) is 7.12. The van der Waals surface area contributed by atoms with E-state index < -0.39 is 111 Å². The normalized spacial score (nSPS) is 53.3. The Morgan fingerprint density at radius 2 is 1.22 bits per heavy atom. The van der Waals surface area contributed by atoms with Crippen LogP contribution in [0.2, 0.25) is 0 Å². The lowest BCUT2D eigenvalue weighted by atomic mass is 9.89. The Kier molecular flexibility index (Phi) is 9.86. The lowest BCUT2D eigenvalue weighted by Crippen LogP contribution is -2.76. The van der Waals surface area contributed by atoms with Crippen LogP contribution in [0.4, 0.5) is 0 Å². The molecule has 218 valence electrons. The lowest BCUT2D eigenvalue weighted by molar-refractivity contribution is -0.402. The molecule has 37 heavy (non-hydrogen) atoms. The topological polar surface area (TPSA) is 295 Å². The number of aliphatic hydroxyl groups is 8. The van der Waals surface area contributed by atoms with Crippen LogP contribution in [0.5, 0.6) is 0 Å². The molecule has 0 aromatic carbocycles. The van der Waals surface area contributed by atoms with Gasteiger partial charge in [0.1, 0.15) is 36.6 Å².